The molecule has 0 bridgehead atoms. The number of aliphatic hydroxyl groups excluding tert-OH is 2. The Hall–Kier alpha value is -1.33. The molecule has 0 amide bonds. The standard InChI is InChI=1S/C20H35N2O9P/c1-7-19(6,31-32(28,29)20(27,8-2)9-3)12(5)15-13(23)14(24)17(30-15)22-10-11(4)16(25)21-18(22)26/h10,12-15,17,23-24,27H,7-9H2,1-6H3,(H,28,29)(H,21,25,26). The lowest BCUT2D eigenvalue weighted by Crippen LogP contribution is -2.47. The van der Waals surface area contributed by atoms with E-state index < -0.39 is 60.2 Å². The minimum absolute atomic E-state index is 0.00325. The van der Waals surface area contributed by atoms with Crippen molar-refractivity contribution < 1.29 is 34.0 Å². The molecule has 7 unspecified atom stereocenters. The molecule has 1 aromatic heterocycles. The Morgan fingerprint density at radius 1 is 1.22 bits per heavy atom. The molecule has 2 heterocycles. The highest BCUT2D eigenvalue weighted by molar-refractivity contribution is 7.54. The largest absolute Gasteiger partial charge is 0.388 e. The van der Waals surface area contributed by atoms with Crippen LogP contribution < -0.4 is 11.2 Å². The highest BCUT2D eigenvalue weighted by atomic mass is 31.2. The first-order chi connectivity index (χ1) is 14.7. The molecule has 2 rings (SSSR count). The van der Waals surface area contributed by atoms with E-state index in [1.807, 2.05) is 0 Å². The van der Waals surface area contributed by atoms with Gasteiger partial charge in [-0.05, 0) is 33.1 Å². The van der Waals surface area contributed by atoms with Gasteiger partial charge in [-0.15, -0.1) is 0 Å². The Morgan fingerprint density at radius 3 is 2.28 bits per heavy atom. The van der Waals surface area contributed by atoms with Gasteiger partial charge in [-0.1, -0.05) is 27.7 Å². The molecule has 32 heavy (non-hydrogen) atoms. The normalized spacial score (nSPS) is 28.8. The number of aromatic nitrogens is 2. The summed E-state index contributed by atoms with van der Waals surface area (Å²) in [7, 11) is -4.51. The highest BCUT2D eigenvalue weighted by Gasteiger charge is 2.54. The second kappa shape index (κ2) is 9.50. The van der Waals surface area contributed by atoms with Crippen LogP contribution in [0.15, 0.2) is 15.8 Å². The minimum atomic E-state index is -4.51. The van der Waals surface area contributed by atoms with Gasteiger partial charge in [0.1, 0.15) is 12.2 Å². The fourth-order valence-corrected chi connectivity index (χ4v) is 5.77. The third-order valence-corrected chi connectivity index (χ3v) is 9.19. The Labute approximate surface area is 186 Å². The fraction of sp³-hybridized carbons (Fsp3) is 0.800. The van der Waals surface area contributed by atoms with Gasteiger partial charge in [0.2, 0.25) is 0 Å². The molecule has 11 nitrogen and oxygen atoms in total. The molecule has 184 valence electrons. The molecule has 7 atom stereocenters. The molecular weight excluding hydrogens is 443 g/mol. The van der Waals surface area contributed by atoms with Gasteiger partial charge in [0.05, 0.1) is 11.7 Å². The van der Waals surface area contributed by atoms with Crippen molar-refractivity contribution in [3.05, 3.63) is 32.6 Å². The predicted octanol–water partition coefficient (Wildman–Crippen LogP) is 0.980. The average molecular weight is 478 g/mol. The van der Waals surface area contributed by atoms with E-state index in [0.29, 0.717) is 0 Å². The van der Waals surface area contributed by atoms with Crippen LogP contribution in [0.3, 0.4) is 0 Å². The second-order valence-corrected chi connectivity index (χ2v) is 10.8. The van der Waals surface area contributed by atoms with E-state index >= 15 is 0 Å². The van der Waals surface area contributed by atoms with Crippen molar-refractivity contribution in [1.82, 2.24) is 9.55 Å². The summed E-state index contributed by atoms with van der Waals surface area (Å²) in [5.41, 5.74) is -2.49. The van der Waals surface area contributed by atoms with Crippen molar-refractivity contribution >= 4 is 7.60 Å². The summed E-state index contributed by atoms with van der Waals surface area (Å²) in [5, 5.41) is 29.9. The number of hydrogen-bond donors (Lipinski definition) is 5. The van der Waals surface area contributed by atoms with Crippen molar-refractivity contribution in [2.24, 2.45) is 5.92 Å². The van der Waals surface area contributed by atoms with Crippen LogP contribution in [0, 0.1) is 12.8 Å². The summed E-state index contributed by atoms with van der Waals surface area (Å²) in [6.07, 6.45) is -3.84. The molecule has 1 fully saturated rings. The topological polar surface area (TPSA) is 171 Å². The third-order valence-electron chi connectivity index (χ3n) is 6.84. The second-order valence-electron chi connectivity index (χ2n) is 8.71. The van der Waals surface area contributed by atoms with Crippen LogP contribution in [0.25, 0.3) is 0 Å². The van der Waals surface area contributed by atoms with E-state index in [4.69, 9.17) is 9.26 Å². The van der Waals surface area contributed by atoms with E-state index in [1.54, 1.807) is 34.6 Å². The van der Waals surface area contributed by atoms with Crippen molar-refractivity contribution in [3.8, 4) is 0 Å². The lowest BCUT2D eigenvalue weighted by atomic mass is 9.82. The van der Waals surface area contributed by atoms with Crippen LogP contribution in [0.2, 0.25) is 0 Å². The van der Waals surface area contributed by atoms with Crippen molar-refractivity contribution in [1.29, 1.82) is 0 Å². The van der Waals surface area contributed by atoms with Gasteiger partial charge in [-0.2, -0.15) is 0 Å². The molecule has 12 heteroatoms. The zero-order chi connectivity index (χ0) is 24.6. The lowest BCUT2D eigenvalue weighted by Gasteiger charge is -2.42. The summed E-state index contributed by atoms with van der Waals surface area (Å²) >= 11 is 0. The number of aryl methyl sites for hydroxylation is 1. The Bertz CT molecular complexity index is 973. The number of ether oxygens (including phenoxy) is 1. The maximum atomic E-state index is 13.0. The van der Waals surface area contributed by atoms with E-state index in [1.165, 1.54) is 13.1 Å². The third kappa shape index (κ3) is 4.65. The minimum Gasteiger partial charge on any atom is -0.388 e. The molecule has 1 aliphatic rings. The van der Waals surface area contributed by atoms with Crippen LogP contribution >= 0.6 is 7.60 Å². The van der Waals surface area contributed by atoms with Gasteiger partial charge in [-0.3, -0.25) is 23.4 Å². The molecule has 5 N–H and O–H groups in total. The van der Waals surface area contributed by atoms with Gasteiger partial charge in [0.15, 0.2) is 11.6 Å². The number of aliphatic hydroxyl groups is 3. The average Bonchev–Trinajstić information content (AvgIpc) is 3.03. The summed E-state index contributed by atoms with van der Waals surface area (Å²) in [4.78, 5) is 36.6. The summed E-state index contributed by atoms with van der Waals surface area (Å²) in [5.74, 6) is -0.736. The predicted molar refractivity (Wildman–Crippen MR) is 116 cm³/mol. The first kappa shape index (κ1) is 26.9. The molecule has 1 aromatic rings. The van der Waals surface area contributed by atoms with Gasteiger partial charge in [0, 0.05) is 17.7 Å². The lowest BCUT2D eigenvalue weighted by molar-refractivity contribution is -0.108. The molecule has 0 saturated carbocycles. The fourth-order valence-electron chi connectivity index (χ4n) is 3.94. The van der Waals surface area contributed by atoms with Gasteiger partial charge >= 0.3 is 13.3 Å². The quantitative estimate of drug-likeness (QED) is 0.324. The van der Waals surface area contributed by atoms with E-state index in [9.17, 15) is 34.4 Å². The van der Waals surface area contributed by atoms with Gasteiger partial charge < -0.3 is 24.9 Å². The molecule has 1 aliphatic heterocycles. The zero-order valence-electron chi connectivity index (χ0n) is 19.3. The number of hydrogen-bond acceptors (Lipinski definition) is 8. The zero-order valence-corrected chi connectivity index (χ0v) is 20.2. The SMILES string of the molecule is CCC(C)(OP(=O)(O)C(O)(CC)CC)C(C)C1OC(n2cc(C)c(=O)[nH]c2=O)C(O)C1O. The van der Waals surface area contributed by atoms with Gasteiger partial charge in [0.25, 0.3) is 5.56 Å². The summed E-state index contributed by atoms with van der Waals surface area (Å²) in [6.45, 7) is 9.56. The summed E-state index contributed by atoms with van der Waals surface area (Å²) < 4.78 is 25.5. The maximum absolute atomic E-state index is 13.0. The van der Waals surface area contributed by atoms with Crippen LogP contribution in [0.4, 0.5) is 0 Å². The van der Waals surface area contributed by atoms with Crippen LogP contribution in [-0.4, -0.2) is 59.0 Å². The van der Waals surface area contributed by atoms with E-state index in [-0.39, 0.29) is 24.8 Å². The van der Waals surface area contributed by atoms with E-state index in [0.717, 1.165) is 4.57 Å². The molecule has 1 saturated heterocycles. The first-order valence-electron chi connectivity index (χ1n) is 10.8. The summed E-state index contributed by atoms with van der Waals surface area (Å²) in [6, 6.07) is 0. The first-order valence-corrected chi connectivity index (χ1v) is 12.4. The molecule has 0 aliphatic carbocycles. The monoisotopic (exact) mass is 478 g/mol. The molecule has 0 radical (unpaired) electrons. The van der Waals surface area contributed by atoms with Crippen LogP contribution in [0.5, 0.6) is 0 Å². The molecule has 0 spiro atoms. The number of aromatic amines is 1. The molecular formula is C20H35N2O9P. The smallest absolute Gasteiger partial charge is 0.359 e. The number of nitrogens with zero attached hydrogens (tertiary/aromatic N) is 1. The Morgan fingerprint density at radius 2 is 1.78 bits per heavy atom. The van der Waals surface area contributed by atoms with Crippen molar-refractivity contribution in [2.75, 3.05) is 0 Å². The van der Waals surface area contributed by atoms with Crippen molar-refractivity contribution in [2.45, 2.75) is 96.3 Å². The Balaban J connectivity index is 2.37. The number of nitrogens with one attached hydrogen (secondary N) is 1. The van der Waals surface area contributed by atoms with Gasteiger partial charge in [-0.25, -0.2) is 4.79 Å². The Kier molecular flexibility index (Phi) is 7.99. The van der Waals surface area contributed by atoms with Crippen LogP contribution in [0.1, 0.15) is 65.7 Å². The number of H-pyrrole nitrogens is 1. The molecule has 0 aromatic carbocycles. The highest BCUT2D eigenvalue weighted by Crippen LogP contribution is 2.61. The maximum Gasteiger partial charge on any atom is 0.359 e. The van der Waals surface area contributed by atoms with Crippen LogP contribution in [-0.2, 0) is 13.8 Å². The van der Waals surface area contributed by atoms with E-state index in [2.05, 4.69) is 4.98 Å². The van der Waals surface area contributed by atoms with Crippen molar-refractivity contribution in [3.63, 3.8) is 0 Å². The number of rotatable bonds is 9.